The van der Waals surface area contributed by atoms with Crippen LogP contribution in [0.25, 0.3) is 0 Å². The lowest BCUT2D eigenvalue weighted by atomic mass is 10.0. The number of amides is 2. The number of nitrogens with one attached hydrogen (secondary N) is 2. The number of aryl methyl sites for hydroxylation is 2. The Hall–Kier alpha value is -3.37. The van der Waals surface area contributed by atoms with Crippen LogP contribution in [0, 0.1) is 25.7 Å². The van der Waals surface area contributed by atoms with Crippen LogP contribution in [0.5, 0.6) is 5.75 Å². The Morgan fingerprint density at radius 2 is 1.89 bits per heavy atom. The summed E-state index contributed by atoms with van der Waals surface area (Å²) in [5, 5.41) is 15.1. The third-order valence-corrected chi connectivity index (χ3v) is 3.82. The number of benzene rings is 1. The SMILES string of the molecule is CNC(=O)c1cc(C(=O)Nc2ncc(C#CCOC)cc2C)c(C)cc1O. The zero-order valence-corrected chi connectivity index (χ0v) is 15.6. The van der Waals surface area contributed by atoms with Gasteiger partial charge in [0.15, 0.2) is 0 Å². The molecule has 7 heteroatoms. The fourth-order valence-electron chi connectivity index (χ4n) is 2.41. The number of ether oxygens (including phenoxy) is 1. The third-order valence-electron chi connectivity index (χ3n) is 3.82. The smallest absolute Gasteiger partial charge is 0.257 e. The number of carbonyl (C=O) groups is 2. The number of hydrogen-bond acceptors (Lipinski definition) is 5. The maximum Gasteiger partial charge on any atom is 0.257 e. The Morgan fingerprint density at radius 3 is 2.52 bits per heavy atom. The van der Waals surface area contributed by atoms with E-state index in [1.807, 2.05) is 13.0 Å². The van der Waals surface area contributed by atoms with Crippen molar-refractivity contribution in [2.24, 2.45) is 0 Å². The lowest BCUT2D eigenvalue weighted by Gasteiger charge is -2.12. The van der Waals surface area contributed by atoms with Crippen LogP contribution in [0.1, 0.15) is 37.4 Å². The quantitative estimate of drug-likeness (QED) is 0.718. The summed E-state index contributed by atoms with van der Waals surface area (Å²) in [5.74, 6) is 5.07. The molecule has 1 aromatic heterocycles. The van der Waals surface area contributed by atoms with E-state index in [-0.39, 0.29) is 16.9 Å². The van der Waals surface area contributed by atoms with Crippen molar-refractivity contribution in [3.05, 3.63) is 52.2 Å². The second kappa shape index (κ2) is 8.83. The standard InChI is InChI=1S/C20H21N3O4/c1-12-9-17(24)16(19(25)21-3)10-15(12)20(26)23-18-13(2)8-14(11-22-18)6-5-7-27-4/h8-11,24H,7H2,1-4H3,(H,21,25)(H,22,23,26). The third kappa shape index (κ3) is 4.84. The molecule has 1 heterocycles. The molecule has 0 bridgehead atoms. The summed E-state index contributed by atoms with van der Waals surface area (Å²) < 4.78 is 4.88. The second-order valence-corrected chi connectivity index (χ2v) is 5.84. The van der Waals surface area contributed by atoms with Crippen LogP contribution < -0.4 is 10.6 Å². The molecule has 0 aliphatic heterocycles. The van der Waals surface area contributed by atoms with Gasteiger partial charge in [-0.05, 0) is 43.2 Å². The molecule has 3 N–H and O–H groups in total. The first-order valence-electron chi connectivity index (χ1n) is 8.18. The van der Waals surface area contributed by atoms with Gasteiger partial charge in [0.2, 0.25) is 0 Å². The van der Waals surface area contributed by atoms with Gasteiger partial charge in [0.05, 0.1) is 5.56 Å². The van der Waals surface area contributed by atoms with Gasteiger partial charge in [-0.25, -0.2) is 4.98 Å². The van der Waals surface area contributed by atoms with Crippen molar-refractivity contribution in [3.63, 3.8) is 0 Å². The van der Waals surface area contributed by atoms with E-state index in [0.29, 0.717) is 23.6 Å². The molecule has 0 fully saturated rings. The Balaban J connectivity index is 2.27. The van der Waals surface area contributed by atoms with E-state index < -0.39 is 11.8 Å². The highest BCUT2D eigenvalue weighted by atomic mass is 16.5. The van der Waals surface area contributed by atoms with Gasteiger partial charge in [0.1, 0.15) is 18.2 Å². The average molecular weight is 367 g/mol. The molecular weight excluding hydrogens is 346 g/mol. The molecular formula is C20H21N3O4. The molecule has 7 nitrogen and oxygen atoms in total. The van der Waals surface area contributed by atoms with Gasteiger partial charge in [-0.2, -0.15) is 0 Å². The van der Waals surface area contributed by atoms with Crippen molar-refractivity contribution in [1.82, 2.24) is 10.3 Å². The fourth-order valence-corrected chi connectivity index (χ4v) is 2.41. The fraction of sp³-hybridized carbons (Fsp3) is 0.250. The molecule has 0 aliphatic carbocycles. The lowest BCUT2D eigenvalue weighted by molar-refractivity contribution is 0.0960. The predicted molar refractivity (Wildman–Crippen MR) is 102 cm³/mol. The second-order valence-electron chi connectivity index (χ2n) is 5.84. The molecule has 0 saturated heterocycles. The Kier molecular flexibility index (Phi) is 6.52. The van der Waals surface area contributed by atoms with Crippen molar-refractivity contribution in [1.29, 1.82) is 0 Å². The highest BCUT2D eigenvalue weighted by Gasteiger charge is 2.18. The molecule has 2 amide bonds. The van der Waals surface area contributed by atoms with Crippen LogP contribution in [0.2, 0.25) is 0 Å². The molecule has 0 atom stereocenters. The Morgan fingerprint density at radius 1 is 1.15 bits per heavy atom. The van der Waals surface area contributed by atoms with Crippen LogP contribution >= 0.6 is 0 Å². The summed E-state index contributed by atoms with van der Waals surface area (Å²) in [6.45, 7) is 3.81. The summed E-state index contributed by atoms with van der Waals surface area (Å²) in [6.07, 6.45) is 1.56. The number of carbonyl (C=O) groups excluding carboxylic acids is 2. The van der Waals surface area contributed by atoms with Crippen molar-refractivity contribution in [2.75, 3.05) is 26.1 Å². The van der Waals surface area contributed by atoms with Gasteiger partial charge >= 0.3 is 0 Å². The first-order chi connectivity index (χ1) is 12.9. The van der Waals surface area contributed by atoms with Crippen LogP contribution in [0.4, 0.5) is 5.82 Å². The van der Waals surface area contributed by atoms with E-state index in [1.54, 1.807) is 20.2 Å². The van der Waals surface area contributed by atoms with Crippen LogP contribution in [-0.2, 0) is 4.74 Å². The van der Waals surface area contributed by atoms with Gasteiger partial charge in [0.25, 0.3) is 11.8 Å². The minimum absolute atomic E-state index is 0.0293. The number of hydrogen-bond donors (Lipinski definition) is 3. The van der Waals surface area contributed by atoms with Gasteiger partial charge in [-0.1, -0.05) is 11.8 Å². The van der Waals surface area contributed by atoms with Crippen molar-refractivity contribution < 1.29 is 19.4 Å². The van der Waals surface area contributed by atoms with Crippen LogP contribution in [0.15, 0.2) is 24.4 Å². The number of aromatic hydroxyl groups is 1. The van der Waals surface area contributed by atoms with E-state index in [1.165, 1.54) is 19.2 Å². The molecule has 0 aliphatic rings. The summed E-state index contributed by atoms with van der Waals surface area (Å²) in [5.41, 5.74) is 2.30. The number of methoxy groups -OCH3 is 1. The van der Waals surface area contributed by atoms with Crippen LogP contribution in [-0.4, -0.2) is 42.7 Å². The van der Waals surface area contributed by atoms with Gasteiger partial charge in [-0.15, -0.1) is 0 Å². The molecule has 0 radical (unpaired) electrons. The van der Waals surface area contributed by atoms with Crippen molar-refractivity contribution in [2.45, 2.75) is 13.8 Å². The lowest BCUT2D eigenvalue weighted by Crippen LogP contribution is -2.20. The van der Waals surface area contributed by atoms with Crippen LogP contribution in [0.3, 0.4) is 0 Å². The van der Waals surface area contributed by atoms with Gasteiger partial charge in [-0.3, -0.25) is 9.59 Å². The maximum absolute atomic E-state index is 12.6. The molecule has 2 rings (SSSR count). The number of nitrogens with zero attached hydrogens (tertiary/aromatic N) is 1. The van der Waals surface area contributed by atoms with E-state index >= 15 is 0 Å². The average Bonchev–Trinajstić information content (AvgIpc) is 2.63. The molecule has 2 aromatic rings. The zero-order chi connectivity index (χ0) is 20.0. The van der Waals surface area contributed by atoms with Gasteiger partial charge < -0.3 is 20.5 Å². The molecule has 0 unspecified atom stereocenters. The molecule has 0 spiro atoms. The highest BCUT2D eigenvalue weighted by Crippen LogP contribution is 2.23. The number of phenols is 1. The minimum atomic E-state index is -0.477. The summed E-state index contributed by atoms with van der Waals surface area (Å²) >= 11 is 0. The molecule has 0 saturated carbocycles. The molecule has 140 valence electrons. The number of aromatic nitrogens is 1. The number of phenolic OH excluding ortho intramolecular Hbond substituents is 1. The largest absolute Gasteiger partial charge is 0.507 e. The van der Waals surface area contributed by atoms with Gasteiger partial charge in [0, 0.05) is 31.5 Å². The monoisotopic (exact) mass is 367 g/mol. The Labute approximate surface area is 157 Å². The predicted octanol–water partition coefficient (Wildman–Crippen LogP) is 2.01. The van der Waals surface area contributed by atoms with E-state index in [0.717, 1.165) is 5.56 Å². The first-order valence-corrected chi connectivity index (χ1v) is 8.18. The normalized spacial score (nSPS) is 9.93. The number of rotatable bonds is 4. The maximum atomic E-state index is 12.6. The molecule has 27 heavy (non-hydrogen) atoms. The molecule has 1 aromatic carbocycles. The summed E-state index contributed by atoms with van der Waals surface area (Å²) in [4.78, 5) is 28.7. The van der Waals surface area contributed by atoms with Crippen molar-refractivity contribution in [3.8, 4) is 17.6 Å². The van der Waals surface area contributed by atoms with E-state index in [9.17, 15) is 14.7 Å². The number of pyridine rings is 1. The van der Waals surface area contributed by atoms with E-state index in [2.05, 4.69) is 27.5 Å². The van der Waals surface area contributed by atoms with Crippen molar-refractivity contribution >= 4 is 17.6 Å². The number of anilines is 1. The van der Waals surface area contributed by atoms with E-state index in [4.69, 9.17) is 4.74 Å². The highest BCUT2D eigenvalue weighted by molar-refractivity contribution is 6.07. The summed E-state index contributed by atoms with van der Waals surface area (Å²) in [7, 11) is 3.02. The first kappa shape index (κ1) is 19.9. The Bertz CT molecular complexity index is 942. The summed E-state index contributed by atoms with van der Waals surface area (Å²) in [6, 6.07) is 4.55. The minimum Gasteiger partial charge on any atom is -0.507 e. The topological polar surface area (TPSA) is 101 Å². The zero-order valence-electron chi connectivity index (χ0n) is 15.6.